The van der Waals surface area contributed by atoms with Crippen LogP contribution in [0.2, 0.25) is 0 Å². The molecule has 1 amide bonds. The maximum absolute atomic E-state index is 13.3. The molecule has 0 bridgehead atoms. The molecule has 1 aromatic carbocycles. The Morgan fingerprint density at radius 3 is 2.83 bits per heavy atom. The third kappa shape index (κ3) is 4.82. The number of amides is 1. The van der Waals surface area contributed by atoms with E-state index >= 15 is 0 Å². The molecule has 0 aliphatic carbocycles. The Hall–Kier alpha value is -3.61. The summed E-state index contributed by atoms with van der Waals surface area (Å²) >= 11 is 0. The lowest BCUT2D eigenvalue weighted by molar-refractivity contribution is -0.387. The molecule has 0 fully saturated rings. The van der Waals surface area contributed by atoms with Crippen LogP contribution in [0.4, 0.5) is 15.8 Å². The topological polar surface area (TPSA) is 148 Å². The number of nitrogens with one attached hydrogen (secondary N) is 1. The molecule has 152 valence electrons. The van der Waals surface area contributed by atoms with Crippen molar-refractivity contribution in [3.05, 3.63) is 58.1 Å². The van der Waals surface area contributed by atoms with E-state index in [4.69, 9.17) is 4.74 Å². The molecule has 2 aliphatic heterocycles. The molecule has 1 N–H and O–H groups in total. The molecule has 0 saturated heterocycles. The number of halogens is 1. The maximum Gasteiger partial charge on any atom is 0.340 e. The number of esters is 1. The monoisotopic (exact) mass is 424 g/mol. The Labute approximate surface area is 163 Å². The van der Waals surface area contributed by atoms with Crippen molar-refractivity contribution < 1.29 is 32.1 Å². The number of carbonyl (C=O) groups is 2. The second-order valence-corrected chi connectivity index (χ2v) is 7.65. The largest absolute Gasteiger partial charge is 0.452 e. The van der Waals surface area contributed by atoms with E-state index in [0.717, 1.165) is 18.2 Å². The van der Waals surface area contributed by atoms with Crippen LogP contribution in [0, 0.1) is 15.9 Å². The van der Waals surface area contributed by atoms with Gasteiger partial charge in [0.25, 0.3) is 15.9 Å². The van der Waals surface area contributed by atoms with Crippen LogP contribution in [0.1, 0.15) is 0 Å². The fraction of sp³-hybridized carbons (Fsp3) is 0.188. The van der Waals surface area contributed by atoms with Gasteiger partial charge in [0.15, 0.2) is 6.61 Å². The van der Waals surface area contributed by atoms with Crippen LogP contribution < -0.4 is 5.32 Å². The zero-order valence-electron chi connectivity index (χ0n) is 14.6. The average Bonchev–Trinajstić information content (AvgIpc) is 2.66. The fourth-order valence-corrected chi connectivity index (χ4v) is 3.43. The van der Waals surface area contributed by atoms with E-state index in [1.54, 1.807) is 0 Å². The van der Waals surface area contributed by atoms with Crippen LogP contribution in [0.25, 0.3) is 0 Å². The van der Waals surface area contributed by atoms with E-state index in [2.05, 4.69) is 9.71 Å². The van der Waals surface area contributed by atoms with Crippen molar-refractivity contribution in [2.75, 3.05) is 24.2 Å². The van der Waals surface area contributed by atoms with Crippen molar-refractivity contribution in [1.29, 1.82) is 0 Å². The van der Waals surface area contributed by atoms with Crippen molar-refractivity contribution in [3.8, 4) is 0 Å². The van der Waals surface area contributed by atoms with E-state index < -0.39 is 44.9 Å². The third-order valence-corrected chi connectivity index (χ3v) is 4.98. The van der Waals surface area contributed by atoms with Gasteiger partial charge in [0.2, 0.25) is 5.82 Å². The Balaban J connectivity index is 1.58. The van der Waals surface area contributed by atoms with Gasteiger partial charge in [-0.3, -0.25) is 14.9 Å². The van der Waals surface area contributed by atoms with Gasteiger partial charge in [0.1, 0.15) is 5.84 Å². The lowest BCUT2D eigenvalue weighted by Gasteiger charge is -2.26. The molecular weight excluding hydrogens is 411 g/mol. The number of rotatable bonds is 5. The normalized spacial score (nSPS) is 16.9. The van der Waals surface area contributed by atoms with Crippen LogP contribution in [0.5, 0.6) is 0 Å². The summed E-state index contributed by atoms with van der Waals surface area (Å²) < 4.78 is 44.7. The van der Waals surface area contributed by atoms with Gasteiger partial charge in [-0.1, -0.05) is 0 Å². The van der Waals surface area contributed by atoms with Gasteiger partial charge >= 0.3 is 11.7 Å². The zero-order valence-corrected chi connectivity index (χ0v) is 15.4. The highest BCUT2D eigenvalue weighted by Crippen LogP contribution is 2.21. The number of amidine groups is 1. The van der Waals surface area contributed by atoms with Crippen molar-refractivity contribution in [3.63, 3.8) is 0 Å². The van der Waals surface area contributed by atoms with Crippen LogP contribution >= 0.6 is 0 Å². The number of fused-ring (bicyclic) bond motifs is 1. The molecule has 11 nitrogen and oxygen atoms in total. The second kappa shape index (κ2) is 7.79. The average molecular weight is 424 g/mol. The molecule has 13 heteroatoms. The molecule has 3 rings (SSSR count). The second-order valence-electron chi connectivity index (χ2n) is 5.89. The van der Waals surface area contributed by atoms with Gasteiger partial charge in [-0.15, -0.1) is 4.40 Å². The van der Waals surface area contributed by atoms with Crippen molar-refractivity contribution in [2.45, 2.75) is 0 Å². The highest BCUT2D eigenvalue weighted by Gasteiger charge is 2.25. The van der Waals surface area contributed by atoms with Crippen LogP contribution in [-0.4, -0.2) is 54.9 Å². The summed E-state index contributed by atoms with van der Waals surface area (Å²) in [4.78, 5) is 35.2. The third-order valence-electron chi connectivity index (χ3n) is 3.82. The first-order valence-corrected chi connectivity index (χ1v) is 9.66. The fourth-order valence-electron chi connectivity index (χ4n) is 2.46. The number of hydrogen-bond donors (Lipinski definition) is 1. The first-order chi connectivity index (χ1) is 13.6. The number of hydrogen-bond acceptors (Lipinski definition) is 8. The van der Waals surface area contributed by atoms with Gasteiger partial charge in [-0.2, -0.15) is 4.39 Å². The van der Waals surface area contributed by atoms with E-state index in [1.807, 2.05) is 0 Å². The molecule has 1 aromatic rings. The Kier molecular flexibility index (Phi) is 5.41. The van der Waals surface area contributed by atoms with E-state index in [-0.39, 0.29) is 29.4 Å². The first kappa shape index (κ1) is 20.1. The van der Waals surface area contributed by atoms with E-state index in [9.17, 15) is 32.5 Å². The lowest BCUT2D eigenvalue weighted by Crippen LogP contribution is -2.37. The molecule has 0 radical (unpaired) electrons. The quantitative estimate of drug-likeness (QED) is 0.413. The Bertz CT molecular complexity index is 1090. The smallest absolute Gasteiger partial charge is 0.340 e. The van der Waals surface area contributed by atoms with Gasteiger partial charge in [0, 0.05) is 24.5 Å². The zero-order chi connectivity index (χ0) is 21.2. The Morgan fingerprint density at radius 2 is 2.10 bits per heavy atom. The van der Waals surface area contributed by atoms with Crippen LogP contribution in [-0.2, 0) is 24.3 Å². The number of nitrogens with zero attached hydrogens (tertiary/aromatic N) is 3. The summed E-state index contributed by atoms with van der Waals surface area (Å²) in [7, 11) is -3.52. The summed E-state index contributed by atoms with van der Waals surface area (Å²) in [6.07, 6.45) is 4.00. The van der Waals surface area contributed by atoms with Crippen LogP contribution in [0.3, 0.4) is 0 Å². The van der Waals surface area contributed by atoms with E-state index in [0.29, 0.717) is 0 Å². The molecule has 0 atom stereocenters. The standard InChI is InChI=1S/C16H13FN4O7S/c17-12-3-2-11(7-13(12)21(24)25)18-15(22)9-28-16(23)10-1-4-14-19-29(26,27)6-5-20(14)8-10/h1-4,7-8H,5-6,9H2,(H,18,22). The Morgan fingerprint density at radius 1 is 1.34 bits per heavy atom. The minimum Gasteiger partial charge on any atom is -0.452 e. The molecule has 0 unspecified atom stereocenters. The van der Waals surface area contributed by atoms with Crippen molar-refractivity contribution >= 4 is 39.1 Å². The summed E-state index contributed by atoms with van der Waals surface area (Å²) in [5.74, 6) is -2.71. The lowest BCUT2D eigenvalue weighted by atomic mass is 10.2. The molecule has 2 aliphatic rings. The molecule has 0 aromatic heterocycles. The highest BCUT2D eigenvalue weighted by molar-refractivity contribution is 7.90. The van der Waals surface area contributed by atoms with Gasteiger partial charge < -0.3 is 15.0 Å². The molecular formula is C16H13FN4O7S. The first-order valence-electron chi connectivity index (χ1n) is 8.05. The number of anilines is 1. The number of ether oxygens (including phenoxy) is 1. The maximum atomic E-state index is 13.3. The summed E-state index contributed by atoms with van der Waals surface area (Å²) in [6.45, 7) is -0.573. The number of benzene rings is 1. The molecule has 2 heterocycles. The SMILES string of the molecule is O=C(COC(=O)C1=CN2CCS(=O)(=O)N=C2C=C1)Nc1ccc(F)c([N+](=O)[O-])c1. The van der Waals surface area contributed by atoms with Gasteiger partial charge in [-0.05, 0) is 24.3 Å². The summed E-state index contributed by atoms with van der Waals surface area (Å²) in [5.41, 5.74) is -0.766. The number of sulfonamides is 1. The predicted molar refractivity (Wildman–Crippen MR) is 97.8 cm³/mol. The molecule has 0 spiro atoms. The molecule has 0 saturated carbocycles. The van der Waals surface area contributed by atoms with E-state index in [1.165, 1.54) is 23.3 Å². The van der Waals surface area contributed by atoms with Crippen LogP contribution in [0.15, 0.2) is 46.5 Å². The number of carbonyl (C=O) groups excluding carboxylic acids is 2. The van der Waals surface area contributed by atoms with Crippen molar-refractivity contribution in [2.24, 2.45) is 4.40 Å². The summed E-state index contributed by atoms with van der Waals surface area (Å²) in [6, 6.07) is 2.79. The van der Waals surface area contributed by atoms with Crippen molar-refractivity contribution in [1.82, 2.24) is 4.90 Å². The minimum absolute atomic E-state index is 0.0358. The molecule has 29 heavy (non-hydrogen) atoms. The minimum atomic E-state index is -3.52. The summed E-state index contributed by atoms with van der Waals surface area (Å²) in [5, 5.41) is 13.0. The van der Waals surface area contributed by atoms with Gasteiger partial charge in [0.05, 0.1) is 16.2 Å². The predicted octanol–water partition coefficient (Wildman–Crippen LogP) is 0.713. The number of nitro benzene ring substituents is 1. The number of nitro groups is 1. The van der Waals surface area contributed by atoms with Gasteiger partial charge in [-0.25, -0.2) is 13.2 Å². The highest BCUT2D eigenvalue weighted by atomic mass is 32.2.